The summed E-state index contributed by atoms with van der Waals surface area (Å²) in [5.41, 5.74) is 1.71. The van der Waals surface area contributed by atoms with Crippen molar-refractivity contribution in [3.05, 3.63) is 46.8 Å². The Balaban J connectivity index is 1.64. The molecule has 0 aliphatic carbocycles. The summed E-state index contributed by atoms with van der Waals surface area (Å²) in [7, 11) is 5.61. The third kappa shape index (κ3) is 4.82. The third-order valence-corrected chi connectivity index (χ3v) is 4.57. The number of fused-ring (bicyclic) bond motifs is 1. The van der Waals surface area contributed by atoms with Crippen LogP contribution in [0.4, 0.5) is 4.39 Å². The van der Waals surface area contributed by atoms with Crippen molar-refractivity contribution in [1.82, 2.24) is 30.3 Å². The quantitative estimate of drug-likeness (QED) is 0.620. The summed E-state index contributed by atoms with van der Waals surface area (Å²) in [4.78, 5) is 10.8. The van der Waals surface area contributed by atoms with Crippen LogP contribution >= 0.6 is 0 Å². The minimum absolute atomic E-state index is 0.0867. The van der Waals surface area contributed by atoms with Gasteiger partial charge in [0.15, 0.2) is 5.96 Å². The number of aryl methyl sites for hydroxylation is 2. The predicted octanol–water partition coefficient (Wildman–Crippen LogP) is 1.99. The summed E-state index contributed by atoms with van der Waals surface area (Å²) < 4.78 is 15.9. The van der Waals surface area contributed by atoms with Crippen LogP contribution in [0, 0.1) is 12.7 Å². The summed E-state index contributed by atoms with van der Waals surface area (Å²) in [6.45, 7) is 3.96. The van der Waals surface area contributed by atoms with Crippen LogP contribution in [0.5, 0.6) is 0 Å². The lowest BCUT2D eigenvalue weighted by Gasteiger charge is -2.25. The highest BCUT2D eigenvalue weighted by atomic mass is 19.1. The molecular formula is C19H28FN7. The topological polar surface area (TPSA) is 70.4 Å². The number of guanidine groups is 1. The second-order valence-corrected chi connectivity index (χ2v) is 7.17. The van der Waals surface area contributed by atoms with Crippen LogP contribution in [0.1, 0.15) is 41.7 Å². The van der Waals surface area contributed by atoms with Crippen LogP contribution in [0.25, 0.3) is 0 Å². The van der Waals surface area contributed by atoms with E-state index in [9.17, 15) is 4.39 Å². The standard InChI is InChI=1S/C19H28FN7/c1-13-23-18-17(6-5-9-27(18)25-13)24-19(21-2)22-11-14-7-8-16(20)15(10-14)12-26(3)4/h7-8,10,17H,5-6,9,11-12H2,1-4H3,(H2,21,22,24). The molecule has 2 heterocycles. The van der Waals surface area contributed by atoms with Gasteiger partial charge in [-0.1, -0.05) is 6.07 Å². The summed E-state index contributed by atoms with van der Waals surface area (Å²) in [5, 5.41) is 11.2. The molecule has 27 heavy (non-hydrogen) atoms. The van der Waals surface area contributed by atoms with E-state index >= 15 is 0 Å². The Kier molecular flexibility index (Phi) is 6.05. The molecule has 1 aliphatic rings. The lowest BCUT2D eigenvalue weighted by Crippen LogP contribution is -2.41. The molecule has 1 aromatic heterocycles. The molecule has 7 nitrogen and oxygen atoms in total. The molecule has 0 bridgehead atoms. The number of nitrogens with zero attached hydrogens (tertiary/aromatic N) is 5. The van der Waals surface area contributed by atoms with Gasteiger partial charge in [0.05, 0.1) is 6.04 Å². The smallest absolute Gasteiger partial charge is 0.191 e. The third-order valence-electron chi connectivity index (χ3n) is 4.57. The second-order valence-electron chi connectivity index (χ2n) is 7.17. The fraction of sp³-hybridized carbons (Fsp3) is 0.526. The summed E-state index contributed by atoms with van der Waals surface area (Å²) in [5.74, 6) is 2.28. The van der Waals surface area contributed by atoms with Crippen molar-refractivity contribution in [2.75, 3.05) is 21.1 Å². The van der Waals surface area contributed by atoms with Crippen LogP contribution in [0.3, 0.4) is 0 Å². The van der Waals surface area contributed by atoms with Crippen molar-refractivity contribution in [3.63, 3.8) is 0 Å². The maximum atomic E-state index is 13.9. The highest BCUT2D eigenvalue weighted by molar-refractivity contribution is 5.80. The van der Waals surface area contributed by atoms with Gasteiger partial charge >= 0.3 is 0 Å². The first-order valence-electron chi connectivity index (χ1n) is 9.27. The fourth-order valence-electron chi connectivity index (χ4n) is 3.35. The van der Waals surface area contributed by atoms with Crippen LogP contribution in [0.2, 0.25) is 0 Å². The highest BCUT2D eigenvalue weighted by Crippen LogP contribution is 2.22. The number of aromatic nitrogens is 3. The van der Waals surface area contributed by atoms with E-state index in [1.807, 2.05) is 36.7 Å². The molecule has 0 saturated carbocycles. The van der Waals surface area contributed by atoms with Crippen molar-refractivity contribution < 1.29 is 4.39 Å². The Labute approximate surface area is 159 Å². The van der Waals surface area contributed by atoms with E-state index in [4.69, 9.17) is 0 Å². The van der Waals surface area contributed by atoms with Gasteiger partial charge in [-0.05, 0) is 51.6 Å². The normalized spacial score (nSPS) is 17.1. The number of rotatable bonds is 5. The maximum Gasteiger partial charge on any atom is 0.191 e. The number of hydrogen-bond donors (Lipinski definition) is 2. The van der Waals surface area contributed by atoms with Gasteiger partial charge < -0.3 is 15.5 Å². The minimum Gasteiger partial charge on any atom is -0.352 e. The van der Waals surface area contributed by atoms with Gasteiger partial charge in [0, 0.05) is 32.2 Å². The van der Waals surface area contributed by atoms with E-state index in [2.05, 4.69) is 25.7 Å². The number of aliphatic imine (C=N–C) groups is 1. The summed E-state index contributed by atoms with van der Waals surface area (Å²) >= 11 is 0. The van der Waals surface area contributed by atoms with Gasteiger partial charge in [-0.25, -0.2) is 14.1 Å². The predicted molar refractivity (Wildman–Crippen MR) is 104 cm³/mol. The number of nitrogens with one attached hydrogen (secondary N) is 2. The zero-order chi connectivity index (χ0) is 19.4. The van der Waals surface area contributed by atoms with Gasteiger partial charge in [0.1, 0.15) is 17.5 Å². The van der Waals surface area contributed by atoms with Crippen LogP contribution < -0.4 is 10.6 Å². The second kappa shape index (κ2) is 8.47. The first kappa shape index (κ1) is 19.3. The highest BCUT2D eigenvalue weighted by Gasteiger charge is 2.24. The van der Waals surface area contributed by atoms with E-state index in [0.29, 0.717) is 24.6 Å². The van der Waals surface area contributed by atoms with E-state index in [0.717, 1.165) is 36.6 Å². The van der Waals surface area contributed by atoms with E-state index < -0.39 is 0 Å². The average Bonchev–Trinajstić information content (AvgIpc) is 3.01. The number of hydrogen-bond acceptors (Lipinski definition) is 4. The van der Waals surface area contributed by atoms with Gasteiger partial charge in [-0.3, -0.25) is 4.99 Å². The molecule has 0 amide bonds. The molecule has 0 saturated heterocycles. The number of benzene rings is 1. The van der Waals surface area contributed by atoms with E-state index in [1.54, 1.807) is 13.1 Å². The Morgan fingerprint density at radius 2 is 2.22 bits per heavy atom. The van der Waals surface area contributed by atoms with Crippen molar-refractivity contribution >= 4 is 5.96 Å². The molecule has 3 rings (SSSR count). The van der Waals surface area contributed by atoms with E-state index in [1.165, 1.54) is 6.07 Å². The zero-order valence-electron chi connectivity index (χ0n) is 16.5. The Bertz CT molecular complexity index is 812. The molecule has 146 valence electrons. The monoisotopic (exact) mass is 373 g/mol. The van der Waals surface area contributed by atoms with Crippen LogP contribution in [0.15, 0.2) is 23.2 Å². The lowest BCUT2D eigenvalue weighted by molar-refractivity contribution is 0.392. The van der Waals surface area contributed by atoms with Crippen molar-refractivity contribution in [2.45, 2.75) is 45.4 Å². The molecule has 0 radical (unpaired) electrons. The number of halogens is 1. The summed E-state index contributed by atoms with van der Waals surface area (Å²) in [6.07, 6.45) is 2.04. The van der Waals surface area contributed by atoms with Gasteiger partial charge in [-0.15, -0.1) is 0 Å². The Morgan fingerprint density at radius 1 is 1.41 bits per heavy atom. The van der Waals surface area contributed by atoms with Crippen molar-refractivity contribution in [2.24, 2.45) is 4.99 Å². The first-order valence-corrected chi connectivity index (χ1v) is 9.27. The van der Waals surface area contributed by atoms with Crippen molar-refractivity contribution in [3.8, 4) is 0 Å². The average molecular weight is 373 g/mol. The van der Waals surface area contributed by atoms with Gasteiger partial charge in [0.2, 0.25) is 0 Å². The first-order chi connectivity index (χ1) is 13.0. The van der Waals surface area contributed by atoms with Crippen LogP contribution in [-0.2, 0) is 19.6 Å². The SMILES string of the molecule is CN=C(NCc1ccc(F)c(CN(C)C)c1)NC1CCCn2nc(C)nc21. The fourth-order valence-corrected chi connectivity index (χ4v) is 3.35. The largest absolute Gasteiger partial charge is 0.352 e. The zero-order valence-corrected chi connectivity index (χ0v) is 16.5. The molecule has 2 aromatic rings. The van der Waals surface area contributed by atoms with Gasteiger partial charge in [0.25, 0.3) is 0 Å². The molecule has 2 N–H and O–H groups in total. The molecule has 0 fully saturated rings. The maximum absolute atomic E-state index is 13.9. The summed E-state index contributed by atoms with van der Waals surface area (Å²) in [6, 6.07) is 5.31. The van der Waals surface area contributed by atoms with Crippen molar-refractivity contribution in [1.29, 1.82) is 0 Å². The van der Waals surface area contributed by atoms with Crippen LogP contribution in [-0.4, -0.2) is 46.8 Å². The Morgan fingerprint density at radius 3 is 2.96 bits per heavy atom. The van der Waals surface area contributed by atoms with Gasteiger partial charge in [-0.2, -0.15) is 5.10 Å². The Hall–Kier alpha value is -2.48. The molecule has 1 atom stereocenters. The molecule has 1 aliphatic heterocycles. The molecule has 0 spiro atoms. The molecule has 8 heteroatoms. The minimum atomic E-state index is -0.174. The molecular weight excluding hydrogens is 345 g/mol. The molecule has 1 aromatic carbocycles. The molecule has 1 unspecified atom stereocenters. The van der Waals surface area contributed by atoms with E-state index in [-0.39, 0.29) is 11.9 Å². The lowest BCUT2D eigenvalue weighted by atomic mass is 10.1.